The molecule has 138 valence electrons. The normalized spacial score (nSPS) is 14.0. The summed E-state index contributed by atoms with van der Waals surface area (Å²) in [5, 5.41) is 3.17. The molecule has 4 rings (SSSR count). The number of pyridine rings is 1. The topological polar surface area (TPSA) is 62.3 Å². The van der Waals surface area contributed by atoms with Crippen LogP contribution in [0.1, 0.15) is 16.7 Å². The molecule has 0 fully saturated rings. The van der Waals surface area contributed by atoms with Crippen LogP contribution in [0.15, 0.2) is 84.8 Å². The minimum atomic E-state index is -0.332. The molecule has 0 saturated heterocycles. The van der Waals surface area contributed by atoms with Crippen LogP contribution in [0.3, 0.4) is 0 Å². The van der Waals surface area contributed by atoms with E-state index in [0.29, 0.717) is 16.8 Å². The third-order valence-corrected chi connectivity index (χ3v) is 4.64. The maximum absolute atomic E-state index is 13.2. The zero-order valence-corrected chi connectivity index (χ0v) is 15.4. The molecule has 0 bridgehead atoms. The van der Waals surface area contributed by atoms with Crippen molar-refractivity contribution in [3.05, 3.63) is 102 Å². The van der Waals surface area contributed by atoms with E-state index in [1.807, 2.05) is 61.5 Å². The highest BCUT2D eigenvalue weighted by molar-refractivity contribution is 6.36. The number of rotatable bonds is 5. The zero-order valence-electron chi connectivity index (χ0n) is 15.4. The summed E-state index contributed by atoms with van der Waals surface area (Å²) in [5.41, 5.74) is 4.14. The van der Waals surface area contributed by atoms with E-state index in [9.17, 15) is 9.59 Å². The van der Waals surface area contributed by atoms with Crippen LogP contribution in [-0.2, 0) is 16.1 Å². The molecule has 2 aromatic carbocycles. The molecule has 2 amide bonds. The number of carbonyl (C=O) groups is 2. The molecule has 0 radical (unpaired) electrons. The average Bonchev–Trinajstić information content (AvgIpc) is 2.95. The largest absolute Gasteiger partial charge is 0.350 e. The first-order chi connectivity index (χ1) is 13.6. The summed E-state index contributed by atoms with van der Waals surface area (Å²) in [6.45, 7) is 2.20. The first-order valence-electron chi connectivity index (χ1n) is 9.02. The van der Waals surface area contributed by atoms with Crippen LogP contribution in [0.25, 0.3) is 5.57 Å². The van der Waals surface area contributed by atoms with Crippen LogP contribution in [-0.4, -0.2) is 21.7 Å². The summed E-state index contributed by atoms with van der Waals surface area (Å²) >= 11 is 0. The van der Waals surface area contributed by atoms with Crippen LogP contribution in [0.4, 0.5) is 5.69 Å². The van der Waals surface area contributed by atoms with Crippen molar-refractivity contribution < 1.29 is 9.59 Å². The van der Waals surface area contributed by atoms with Gasteiger partial charge in [0.2, 0.25) is 0 Å². The monoisotopic (exact) mass is 369 g/mol. The Hall–Kier alpha value is -3.73. The first kappa shape index (κ1) is 17.7. The van der Waals surface area contributed by atoms with Gasteiger partial charge in [-0.2, -0.15) is 0 Å². The predicted molar refractivity (Wildman–Crippen MR) is 108 cm³/mol. The summed E-state index contributed by atoms with van der Waals surface area (Å²) in [7, 11) is 0. The number of nitrogens with one attached hydrogen (secondary N) is 1. The minimum Gasteiger partial charge on any atom is -0.350 e. The number of imide groups is 1. The van der Waals surface area contributed by atoms with E-state index in [1.165, 1.54) is 4.90 Å². The summed E-state index contributed by atoms with van der Waals surface area (Å²) in [4.78, 5) is 31.6. The van der Waals surface area contributed by atoms with Crippen LogP contribution >= 0.6 is 0 Å². The fourth-order valence-electron chi connectivity index (χ4n) is 3.16. The van der Waals surface area contributed by atoms with Gasteiger partial charge in [-0.05, 0) is 42.3 Å². The Morgan fingerprint density at radius 2 is 1.54 bits per heavy atom. The van der Waals surface area contributed by atoms with Crippen LogP contribution < -0.4 is 5.32 Å². The fourth-order valence-corrected chi connectivity index (χ4v) is 3.16. The summed E-state index contributed by atoms with van der Waals surface area (Å²) in [6, 6.07) is 20.6. The van der Waals surface area contributed by atoms with E-state index in [2.05, 4.69) is 10.3 Å². The van der Waals surface area contributed by atoms with Gasteiger partial charge in [-0.1, -0.05) is 48.0 Å². The van der Waals surface area contributed by atoms with Crippen molar-refractivity contribution in [2.24, 2.45) is 0 Å². The number of nitrogens with zero attached hydrogens (tertiary/aromatic N) is 2. The molecule has 28 heavy (non-hydrogen) atoms. The van der Waals surface area contributed by atoms with Crippen molar-refractivity contribution in [3.63, 3.8) is 0 Å². The van der Waals surface area contributed by atoms with Gasteiger partial charge in [0.1, 0.15) is 5.70 Å². The van der Waals surface area contributed by atoms with E-state index >= 15 is 0 Å². The summed E-state index contributed by atoms with van der Waals surface area (Å²) < 4.78 is 0. The Morgan fingerprint density at radius 1 is 0.857 bits per heavy atom. The average molecular weight is 369 g/mol. The molecule has 0 saturated carbocycles. The summed E-state index contributed by atoms with van der Waals surface area (Å²) in [6.07, 6.45) is 3.30. The van der Waals surface area contributed by atoms with E-state index in [0.717, 1.165) is 16.8 Å². The van der Waals surface area contributed by atoms with E-state index in [1.54, 1.807) is 24.5 Å². The molecule has 1 N–H and O–H groups in total. The van der Waals surface area contributed by atoms with E-state index in [4.69, 9.17) is 0 Å². The Kier molecular flexibility index (Phi) is 4.72. The van der Waals surface area contributed by atoms with Crippen LogP contribution in [0, 0.1) is 6.92 Å². The molecule has 2 heterocycles. The van der Waals surface area contributed by atoms with Gasteiger partial charge in [0, 0.05) is 18.1 Å². The molecule has 1 aliphatic rings. The van der Waals surface area contributed by atoms with Crippen molar-refractivity contribution in [1.82, 2.24) is 9.88 Å². The second-order valence-electron chi connectivity index (χ2n) is 6.66. The van der Waals surface area contributed by atoms with Gasteiger partial charge in [-0.3, -0.25) is 19.5 Å². The zero-order chi connectivity index (χ0) is 19.5. The molecule has 3 aromatic rings. The lowest BCUT2D eigenvalue weighted by Gasteiger charge is -2.15. The van der Waals surface area contributed by atoms with Crippen LogP contribution in [0.2, 0.25) is 0 Å². The lowest BCUT2D eigenvalue weighted by atomic mass is 10.0. The van der Waals surface area contributed by atoms with Crippen molar-refractivity contribution in [1.29, 1.82) is 0 Å². The van der Waals surface area contributed by atoms with Gasteiger partial charge in [-0.25, -0.2) is 0 Å². The highest BCUT2D eigenvalue weighted by Gasteiger charge is 2.39. The molecule has 1 aromatic heterocycles. The maximum atomic E-state index is 13.2. The number of hydrogen-bond donors (Lipinski definition) is 1. The van der Waals surface area contributed by atoms with Gasteiger partial charge in [0.15, 0.2) is 0 Å². The Bertz CT molecular complexity index is 1040. The van der Waals surface area contributed by atoms with Crippen LogP contribution in [0.5, 0.6) is 0 Å². The van der Waals surface area contributed by atoms with E-state index < -0.39 is 0 Å². The Labute approximate surface area is 163 Å². The van der Waals surface area contributed by atoms with Gasteiger partial charge in [0.25, 0.3) is 11.8 Å². The molecule has 0 unspecified atom stereocenters. The Morgan fingerprint density at radius 3 is 2.21 bits per heavy atom. The molecular weight excluding hydrogens is 350 g/mol. The summed E-state index contributed by atoms with van der Waals surface area (Å²) in [5.74, 6) is -0.635. The van der Waals surface area contributed by atoms with E-state index in [-0.39, 0.29) is 18.4 Å². The number of carbonyl (C=O) groups excluding carboxylic acids is 2. The number of aromatic nitrogens is 1. The lowest BCUT2D eigenvalue weighted by Crippen LogP contribution is -2.32. The fraction of sp³-hybridized carbons (Fsp3) is 0.0870. The quantitative estimate of drug-likeness (QED) is 0.695. The number of hydrogen-bond acceptors (Lipinski definition) is 4. The van der Waals surface area contributed by atoms with Gasteiger partial charge in [-0.15, -0.1) is 0 Å². The molecule has 0 aliphatic carbocycles. The molecule has 5 heteroatoms. The SMILES string of the molecule is Cc1ccc(NC2=C(c3ccccc3)C(=O)N(Cc3ccncc3)C2=O)cc1. The van der Waals surface area contributed by atoms with Crippen molar-refractivity contribution in [3.8, 4) is 0 Å². The predicted octanol–water partition coefficient (Wildman–Crippen LogP) is 3.78. The first-order valence-corrected chi connectivity index (χ1v) is 9.02. The van der Waals surface area contributed by atoms with Crippen molar-refractivity contribution in [2.75, 3.05) is 5.32 Å². The molecule has 0 spiro atoms. The number of aryl methyl sites for hydroxylation is 1. The molecular formula is C23H19N3O2. The lowest BCUT2D eigenvalue weighted by molar-refractivity contribution is -0.137. The van der Waals surface area contributed by atoms with Crippen molar-refractivity contribution in [2.45, 2.75) is 13.5 Å². The third kappa shape index (κ3) is 3.42. The molecule has 0 atom stereocenters. The molecule has 5 nitrogen and oxygen atoms in total. The smallest absolute Gasteiger partial charge is 0.278 e. The maximum Gasteiger partial charge on any atom is 0.278 e. The van der Waals surface area contributed by atoms with Gasteiger partial charge < -0.3 is 5.32 Å². The second kappa shape index (κ2) is 7.48. The highest BCUT2D eigenvalue weighted by Crippen LogP contribution is 2.31. The third-order valence-electron chi connectivity index (χ3n) is 4.64. The second-order valence-corrected chi connectivity index (χ2v) is 6.66. The highest BCUT2D eigenvalue weighted by atomic mass is 16.2. The Balaban J connectivity index is 1.73. The minimum absolute atomic E-state index is 0.204. The van der Waals surface area contributed by atoms with Gasteiger partial charge >= 0.3 is 0 Å². The number of benzene rings is 2. The number of amides is 2. The van der Waals surface area contributed by atoms with Crippen molar-refractivity contribution >= 4 is 23.1 Å². The number of anilines is 1. The molecule has 1 aliphatic heterocycles. The standard InChI is InChI=1S/C23H19N3O2/c1-16-7-9-19(10-8-16)25-21-20(18-5-3-2-4-6-18)22(27)26(23(21)28)15-17-11-13-24-14-12-17/h2-14,25H,15H2,1H3. The van der Waals surface area contributed by atoms with Gasteiger partial charge in [0.05, 0.1) is 12.1 Å².